The van der Waals surface area contributed by atoms with Gasteiger partial charge in [-0.2, -0.15) is 0 Å². The van der Waals surface area contributed by atoms with Crippen LogP contribution in [-0.2, 0) is 0 Å². The maximum atomic E-state index is 13.4. The van der Waals surface area contributed by atoms with Crippen molar-refractivity contribution >= 4 is 16.9 Å². The molecule has 0 atom stereocenters. The van der Waals surface area contributed by atoms with Crippen molar-refractivity contribution in [3.8, 4) is 11.4 Å². The summed E-state index contributed by atoms with van der Waals surface area (Å²) in [6, 6.07) is 9.26. The number of nitrogens with two attached hydrogens (primary N) is 1. The molecule has 0 amide bonds. The van der Waals surface area contributed by atoms with Crippen molar-refractivity contribution in [1.29, 1.82) is 0 Å². The van der Waals surface area contributed by atoms with E-state index in [1.807, 2.05) is 32.0 Å². The summed E-state index contributed by atoms with van der Waals surface area (Å²) in [6.45, 7) is 3.89. The molecule has 0 aliphatic carbocycles. The van der Waals surface area contributed by atoms with Crippen LogP contribution >= 0.6 is 0 Å². The number of hydrogen-bond donors (Lipinski definition) is 2. The number of imidazole rings is 1. The van der Waals surface area contributed by atoms with Gasteiger partial charge in [-0.15, -0.1) is 0 Å². The summed E-state index contributed by atoms with van der Waals surface area (Å²) in [7, 11) is 0. The first-order chi connectivity index (χ1) is 10.9. The van der Waals surface area contributed by atoms with Crippen LogP contribution in [0.5, 0.6) is 0 Å². The lowest BCUT2D eigenvalue weighted by atomic mass is 10.2. The number of nitrogens with one attached hydrogen (secondary N) is 1. The van der Waals surface area contributed by atoms with E-state index in [2.05, 4.69) is 15.0 Å². The maximum absolute atomic E-state index is 13.4. The fourth-order valence-corrected chi connectivity index (χ4v) is 2.30. The molecule has 118 valence electrons. The van der Waals surface area contributed by atoms with Gasteiger partial charge in [-0.25, -0.2) is 13.8 Å². The van der Waals surface area contributed by atoms with Gasteiger partial charge in [-0.05, 0) is 50.2 Å². The smallest absolute Gasteiger partial charge is 0.159 e. The summed E-state index contributed by atoms with van der Waals surface area (Å²) in [5.74, 6) is -0.872. The SMILES string of the molecule is CC(C)N=C(N)c1ccc2nc(-c3ccc(F)c(F)c3)[nH]c2c1. The van der Waals surface area contributed by atoms with Crippen molar-refractivity contribution in [1.82, 2.24) is 9.97 Å². The Morgan fingerprint density at radius 1 is 1.13 bits per heavy atom. The van der Waals surface area contributed by atoms with Crippen LogP contribution in [0.1, 0.15) is 19.4 Å². The highest BCUT2D eigenvalue weighted by atomic mass is 19.2. The average Bonchev–Trinajstić information content (AvgIpc) is 2.92. The molecule has 1 heterocycles. The summed E-state index contributed by atoms with van der Waals surface area (Å²) in [5, 5.41) is 0. The number of nitrogens with zero attached hydrogens (tertiary/aromatic N) is 2. The van der Waals surface area contributed by atoms with E-state index in [0.29, 0.717) is 22.7 Å². The summed E-state index contributed by atoms with van der Waals surface area (Å²) in [6.07, 6.45) is 0. The molecule has 23 heavy (non-hydrogen) atoms. The molecule has 3 N–H and O–H groups in total. The first-order valence-corrected chi connectivity index (χ1v) is 7.23. The van der Waals surface area contributed by atoms with Crippen LogP contribution in [0.25, 0.3) is 22.4 Å². The maximum Gasteiger partial charge on any atom is 0.159 e. The quantitative estimate of drug-likeness (QED) is 0.573. The highest BCUT2D eigenvalue weighted by Gasteiger charge is 2.10. The molecule has 0 spiro atoms. The van der Waals surface area contributed by atoms with Gasteiger partial charge in [-0.3, -0.25) is 4.99 Å². The molecule has 0 fully saturated rings. The largest absolute Gasteiger partial charge is 0.383 e. The van der Waals surface area contributed by atoms with E-state index in [-0.39, 0.29) is 6.04 Å². The Hall–Kier alpha value is -2.76. The Balaban J connectivity index is 2.03. The Labute approximate surface area is 132 Å². The minimum atomic E-state index is -0.906. The fraction of sp³-hybridized carbons (Fsp3) is 0.176. The van der Waals surface area contributed by atoms with E-state index in [0.717, 1.165) is 23.2 Å². The minimum Gasteiger partial charge on any atom is -0.383 e. The second-order valence-electron chi connectivity index (χ2n) is 5.55. The minimum absolute atomic E-state index is 0.102. The molecule has 0 saturated carbocycles. The number of amidine groups is 1. The molecule has 4 nitrogen and oxygen atoms in total. The number of halogens is 2. The van der Waals surface area contributed by atoms with Crippen molar-refractivity contribution < 1.29 is 8.78 Å². The standard InChI is InChI=1S/C17H16F2N4/c1-9(2)21-16(20)10-4-6-14-15(8-10)23-17(22-14)11-3-5-12(18)13(19)7-11/h3-9H,1-2H3,(H2,20,21)(H,22,23). The second-order valence-corrected chi connectivity index (χ2v) is 5.55. The molecule has 3 aromatic rings. The van der Waals surface area contributed by atoms with Crippen LogP contribution in [0, 0.1) is 11.6 Å². The molecule has 2 aromatic carbocycles. The molecular formula is C17H16F2N4. The lowest BCUT2D eigenvalue weighted by molar-refractivity contribution is 0.509. The summed E-state index contributed by atoms with van der Waals surface area (Å²) in [5.41, 5.74) is 8.69. The van der Waals surface area contributed by atoms with Gasteiger partial charge in [0.25, 0.3) is 0 Å². The molecular weight excluding hydrogens is 298 g/mol. The first kappa shape index (κ1) is 15.1. The number of benzene rings is 2. The molecule has 0 aliphatic rings. The van der Waals surface area contributed by atoms with Gasteiger partial charge in [0.15, 0.2) is 11.6 Å². The first-order valence-electron chi connectivity index (χ1n) is 7.23. The summed E-state index contributed by atoms with van der Waals surface area (Å²) in [4.78, 5) is 11.8. The number of aromatic amines is 1. The van der Waals surface area contributed by atoms with Crippen molar-refractivity contribution in [3.63, 3.8) is 0 Å². The van der Waals surface area contributed by atoms with Crippen molar-refractivity contribution in [2.45, 2.75) is 19.9 Å². The van der Waals surface area contributed by atoms with Crippen LogP contribution in [0.2, 0.25) is 0 Å². The van der Waals surface area contributed by atoms with Gasteiger partial charge in [0, 0.05) is 17.2 Å². The zero-order chi connectivity index (χ0) is 16.6. The molecule has 6 heteroatoms. The fourth-order valence-electron chi connectivity index (χ4n) is 2.30. The zero-order valence-corrected chi connectivity index (χ0v) is 12.8. The normalized spacial score (nSPS) is 12.3. The van der Waals surface area contributed by atoms with E-state index in [4.69, 9.17) is 5.73 Å². The van der Waals surface area contributed by atoms with Gasteiger partial charge in [-0.1, -0.05) is 0 Å². The number of aromatic nitrogens is 2. The van der Waals surface area contributed by atoms with Gasteiger partial charge >= 0.3 is 0 Å². The van der Waals surface area contributed by atoms with Gasteiger partial charge in [0.2, 0.25) is 0 Å². The third-order valence-corrected chi connectivity index (χ3v) is 3.37. The van der Waals surface area contributed by atoms with Crippen LogP contribution in [0.15, 0.2) is 41.4 Å². The van der Waals surface area contributed by atoms with E-state index >= 15 is 0 Å². The average molecular weight is 314 g/mol. The number of rotatable bonds is 3. The van der Waals surface area contributed by atoms with E-state index in [1.54, 1.807) is 0 Å². The summed E-state index contributed by atoms with van der Waals surface area (Å²) >= 11 is 0. The van der Waals surface area contributed by atoms with Crippen molar-refractivity contribution in [2.75, 3.05) is 0 Å². The van der Waals surface area contributed by atoms with Gasteiger partial charge < -0.3 is 10.7 Å². The molecule has 0 saturated heterocycles. The topological polar surface area (TPSA) is 67.1 Å². The van der Waals surface area contributed by atoms with E-state index in [1.165, 1.54) is 6.07 Å². The lowest BCUT2D eigenvalue weighted by Crippen LogP contribution is -2.15. The zero-order valence-electron chi connectivity index (χ0n) is 12.8. The highest BCUT2D eigenvalue weighted by molar-refractivity contribution is 6.00. The number of fused-ring (bicyclic) bond motifs is 1. The summed E-state index contributed by atoms with van der Waals surface area (Å²) < 4.78 is 26.4. The molecule has 0 bridgehead atoms. The highest BCUT2D eigenvalue weighted by Crippen LogP contribution is 2.23. The predicted octanol–water partition coefficient (Wildman–Crippen LogP) is 3.62. The monoisotopic (exact) mass is 314 g/mol. The Morgan fingerprint density at radius 2 is 1.91 bits per heavy atom. The van der Waals surface area contributed by atoms with Gasteiger partial charge in [0.05, 0.1) is 11.0 Å². The second kappa shape index (κ2) is 5.79. The number of hydrogen-bond acceptors (Lipinski definition) is 2. The van der Waals surface area contributed by atoms with E-state index < -0.39 is 11.6 Å². The van der Waals surface area contributed by atoms with Crippen molar-refractivity contribution in [2.24, 2.45) is 10.7 Å². The van der Waals surface area contributed by atoms with Crippen LogP contribution < -0.4 is 5.73 Å². The van der Waals surface area contributed by atoms with Crippen molar-refractivity contribution in [3.05, 3.63) is 53.6 Å². The molecule has 0 aliphatic heterocycles. The molecule has 3 rings (SSSR count). The van der Waals surface area contributed by atoms with Crippen LogP contribution in [0.3, 0.4) is 0 Å². The Morgan fingerprint density at radius 3 is 2.61 bits per heavy atom. The van der Waals surface area contributed by atoms with Crippen LogP contribution in [-0.4, -0.2) is 21.8 Å². The van der Waals surface area contributed by atoms with E-state index in [9.17, 15) is 8.78 Å². The Bertz CT molecular complexity index is 897. The third-order valence-electron chi connectivity index (χ3n) is 3.37. The predicted molar refractivity (Wildman–Crippen MR) is 87.3 cm³/mol. The third kappa shape index (κ3) is 3.06. The Kier molecular flexibility index (Phi) is 3.82. The number of H-pyrrole nitrogens is 1. The molecule has 1 aromatic heterocycles. The number of aliphatic imine (C=N–C) groups is 1. The van der Waals surface area contributed by atoms with Crippen LogP contribution in [0.4, 0.5) is 8.78 Å². The molecule has 0 radical (unpaired) electrons. The molecule has 0 unspecified atom stereocenters. The lowest BCUT2D eigenvalue weighted by Gasteiger charge is -2.03. The van der Waals surface area contributed by atoms with Gasteiger partial charge in [0.1, 0.15) is 11.7 Å².